The fraction of sp³-hybridized carbons (Fsp3) is 0.238. The molecule has 0 aromatic heterocycles. The first-order chi connectivity index (χ1) is 13.8. The van der Waals surface area contributed by atoms with Gasteiger partial charge in [-0.1, -0.05) is 18.2 Å². The Bertz CT molecular complexity index is 907. The molecule has 0 aliphatic rings. The third kappa shape index (κ3) is 7.84. The van der Waals surface area contributed by atoms with Gasteiger partial charge in [-0.25, -0.2) is 5.43 Å². The molecule has 2 aromatic rings. The Kier molecular flexibility index (Phi) is 7.90. The van der Waals surface area contributed by atoms with Crippen LogP contribution >= 0.6 is 0 Å². The molecule has 0 saturated carbocycles. The van der Waals surface area contributed by atoms with E-state index in [1.165, 1.54) is 6.92 Å². The molecule has 0 bridgehead atoms. The highest BCUT2D eigenvalue weighted by atomic mass is 16.5. The lowest BCUT2D eigenvalue weighted by Gasteiger charge is -2.08. The highest BCUT2D eigenvalue weighted by Gasteiger charge is 2.07. The second-order valence-corrected chi connectivity index (χ2v) is 6.42. The maximum Gasteiger partial charge on any atom is 0.277 e. The number of hydrazone groups is 1. The van der Waals surface area contributed by atoms with Crippen LogP contribution in [0.3, 0.4) is 0 Å². The number of ether oxygens (including phenoxy) is 1. The van der Waals surface area contributed by atoms with Gasteiger partial charge < -0.3 is 15.4 Å². The first-order valence-corrected chi connectivity index (χ1v) is 9.01. The fourth-order valence-electron chi connectivity index (χ4n) is 2.37. The minimum Gasteiger partial charge on any atom is -0.483 e. The van der Waals surface area contributed by atoms with Gasteiger partial charge in [0.2, 0.25) is 11.8 Å². The quantitative estimate of drug-likeness (QED) is 0.471. The SMILES string of the molecule is CC(=O)Nc1ccc(NC(=O)C/C(C)=N/NC(=O)COc2ccccc2C)cc1. The Morgan fingerprint density at radius 3 is 2.14 bits per heavy atom. The number of benzene rings is 2. The molecule has 3 N–H and O–H groups in total. The van der Waals surface area contributed by atoms with Gasteiger partial charge in [0, 0.05) is 24.0 Å². The van der Waals surface area contributed by atoms with Crippen LogP contribution in [0.1, 0.15) is 25.8 Å². The molecule has 0 fully saturated rings. The van der Waals surface area contributed by atoms with Crippen molar-refractivity contribution in [2.24, 2.45) is 5.10 Å². The van der Waals surface area contributed by atoms with E-state index in [9.17, 15) is 14.4 Å². The van der Waals surface area contributed by atoms with E-state index in [4.69, 9.17) is 4.74 Å². The summed E-state index contributed by atoms with van der Waals surface area (Å²) < 4.78 is 5.44. The number of nitrogens with one attached hydrogen (secondary N) is 3. The molecule has 0 spiro atoms. The van der Waals surface area contributed by atoms with Crippen molar-refractivity contribution >= 4 is 34.8 Å². The van der Waals surface area contributed by atoms with Crippen molar-refractivity contribution in [3.63, 3.8) is 0 Å². The van der Waals surface area contributed by atoms with Crippen LogP contribution in [0.5, 0.6) is 5.75 Å². The first kappa shape index (κ1) is 21.6. The molecule has 3 amide bonds. The number of para-hydroxylation sites is 1. The zero-order chi connectivity index (χ0) is 21.2. The number of anilines is 2. The Morgan fingerprint density at radius 2 is 1.52 bits per heavy atom. The average Bonchev–Trinajstić information content (AvgIpc) is 2.67. The summed E-state index contributed by atoms with van der Waals surface area (Å²) in [6, 6.07) is 14.1. The molecular weight excluding hydrogens is 372 g/mol. The van der Waals surface area contributed by atoms with Crippen LogP contribution < -0.4 is 20.8 Å². The smallest absolute Gasteiger partial charge is 0.277 e. The molecular formula is C21H24N4O4. The monoisotopic (exact) mass is 396 g/mol. The van der Waals surface area contributed by atoms with E-state index in [0.717, 1.165) is 5.56 Å². The summed E-state index contributed by atoms with van der Waals surface area (Å²) in [5.41, 5.74) is 4.98. The molecule has 0 aliphatic carbocycles. The molecule has 29 heavy (non-hydrogen) atoms. The zero-order valence-electron chi connectivity index (χ0n) is 16.6. The van der Waals surface area contributed by atoms with Crippen LogP contribution in [0, 0.1) is 6.92 Å². The molecule has 0 unspecified atom stereocenters. The maximum absolute atomic E-state index is 12.1. The van der Waals surface area contributed by atoms with E-state index >= 15 is 0 Å². The predicted octanol–water partition coefficient (Wildman–Crippen LogP) is 2.85. The normalized spacial score (nSPS) is 10.8. The lowest BCUT2D eigenvalue weighted by Crippen LogP contribution is -2.26. The number of hydrogen-bond acceptors (Lipinski definition) is 5. The van der Waals surface area contributed by atoms with Crippen molar-refractivity contribution in [2.45, 2.75) is 27.2 Å². The molecule has 0 heterocycles. The molecule has 0 aliphatic heterocycles. The minimum absolute atomic E-state index is 0.0202. The molecule has 0 saturated heterocycles. The Hall–Kier alpha value is -3.68. The van der Waals surface area contributed by atoms with Gasteiger partial charge in [0.05, 0.1) is 6.42 Å². The molecule has 2 aromatic carbocycles. The van der Waals surface area contributed by atoms with Crippen LogP contribution in [-0.4, -0.2) is 30.0 Å². The van der Waals surface area contributed by atoms with Gasteiger partial charge in [-0.2, -0.15) is 5.10 Å². The van der Waals surface area contributed by atoms with Crippen LogP contribution in [-0.2, 0) is 14.4 Å². The zero-order valence-corrected chi connectivity index (χ0v) is 16.6. The van der Waals surface area contributed by atoms with Gasteiger partial charge in [-0.05, 0) is 49.7 Å². The van der Waals surface area contributed by atoms with Gasteiger partial charge in [-0.3, -0.25) is 14.4 Å². The highest BCUT2D eigenvalue weighted by Crippen LogP contribution is 2.16. The molecule has 152 valence electrons. The van der Waals surface area contributed by atoms with Gasteiger partial charge in [0.25, 0.3) is 5.91 Å². The van der Waals surface area contributed by atoms with Gasteiger partial charge >= 0.3 is 0 Å². The van der Waals surface area contributed by atoms with Gasteiger partial charge in [0.15, 0.2) is 6.61 Å². The summed E-state index contributed by atoms with van der Waals surface area (Å²) in [4.78, 5) is 34.9. The van der Waals surface area contributed by atoms with Crippen LogP contribution in [0.2, 0.25) is 0 Å². The molecule has 0 atom stereocenters. The van der Waals surface area contributed by atoms with E-state index in [0.29, 0.717) is 22.8 Å². The summed E-state index contributed by atoms with van der Waals surface area (Å²) in [5, 5.41) is 9.29. The average molecular weight is 396 g/mol. The van der Waals surface area contributed by atoms with Gasteiger partial charge in [-0.15, -0.1) is 0 Å². The summed E-state index contributed by atoms with van der Waals surface area (Å²) in [7, 11) is 0. The number of rotatable bonds is 8. The minimum atomic E-state index is -0.415. The second kappa shape index (κ2) is 10.6. The number of hydrogen-bond donors (Lipinski definition) is 3. The Morgan fingerprint density at radius 1 is 0.897 bits per heavy atom. The fourth-order valence-corrected chi connectivity index (χ4v) is 2.37. The van der Waals surface area contributed by atoms with Crippen molar-refractivity contribution in [1.29, 1.82) is 0 Å². The largest absolute Gasteiger partial charge is 0.483 e. The van der Waals surface area contributed by atoms with Crippen molar-refractivity contribution < 1.29 is 19.1 Å². The molecule has 8 heteroatoms. The summed E-state index contributed by atoms with van der Waals surface area (Å²) in [6.07, 6.45) is 0.0202. The molecule has 8 nitrogen and oxygen atoms in total. The Labute approximate surface area is 169 Å². The van der Waals surface area contributed by atoms with E-state index in [1.807, 2.05) is 25.1 Å². The van der Waals surface area contributed by atoms with E-state index < -0.39 is 5.91 Å². The summed E-state index contributed by atoms with van der Waals surface area (Å²) in [5.74, 6) is -0.224. The molecule has 2 rings (SSSR count). The second-order valence-electron chi connectivity index (χ2n) is 6.42. The van der Waals surface area contributed by atoms with Crippen LogP contribution in [0.15, 0.2) is 53.6 Å². The first-order valence-electron chi connectivity index (χ1n) is 9.01. The van der Waals surface area contributed by atoms with Crippen molar-refractivity contribution in [3.8, 4) is 5.75 Å². The van der Waals surface area contributed by atoms with E-state index in [1.54, 1.807) is 37.3 Å². The van der Waals surface area contributed by atoms with E-state index in [-0.39, 0.29) is 24.8 Å². The third-order valence-corrected chi connectivity index (χ3v) is 3.73. The van der Waals surface area contributed by atoms with Crippen molar-refractivity contribution in [3.05, 3.63) is 54.1 Å². The number of carbonyl (C=O) groups excluding carboxylic acids is 3. The summed E-state index contributed by atoms with van der Waals surface area (Å²) in [6.45, 7) is 4.78. The molecule has 0 radical (unpaired) electrons. The van der Waals surface area contributed by atoms with Crippen LogP contribution in [0.25, 0.3) is 0 Å². The predicted molar refractivity (Wildman–Crippen MR) is 112 cm³/mol. The summed E-state index contributed by atoms with van der Waals surface area (Å²) >= 11 is 0. The lowest BCUT2D eigenvalue weighted by molar-refractivity contribution is -0.123. The number of carbonyl (C=O) groups is 3. The maximum atomic E-state index is 12.1. The number of nitrogens with zero attached hydrogens (tertiary/aromatic N) is 1. The number of amides is 3. The van der Waals surface area contributed by atoms with Crippen LogP contribution in [0.4, 0.5) is 11.4 Å². The van der Waals surface area contributed by atoms with Gasteiger partial charge in [0.1, 0.15) is 5.75 Å². The van der Waals surface area contributed by atoms with E-state index in [2.05, 4.69) is 21.2 Å². The number of aryl methyl sites for hydroxylation is 1. The lowest BCUT2D eigenvalue weighted by atomic mass is 10.2. The topological polar surface area (TPSA) is 109 Å². The third-order valence-electron chi connectivity index (χ3n) is 3.73. The van der Waals surface area contributed by atoms with Crippen molar-refractivity contribution in [2.75, 3.05) is 17.2 Å². The highest BCUT2D eigenvalue weighted by molar-refractivity contribution is 6.05. The Balaban J connectivity index is 1.76. The van der Waals surface area contributed by atoms with Crippen molar-refractivity contribution in [1.82, 2.24) is 5.43 Å². The standard InChI is InChI=1S/C21H24N4O4/c1-14-6-4-5-7-19(14)29-13-21(28)25-24-15(2)12-20(27)23-18-10-8-17(9-11-18)22-16(3)26/h4-11H,12-13H2,1-3H3,(H,22,26)(H,23,27)(H,25,28)/b24-15+.